The molecular weight excluding hydrogens is 176 g/mol. The minimum Gasteiger partial charge on any atom is -0.422 e. The number of esters is 1. The van der Waals surface area contributed by atoms with Crippen molar-refractivity contribution in [2.45, 2.75) is 0 Å². The molecule has 0 atom stereocenters. The molecule has 0 fully saturated rings. The monoisotopic (exact) mass is 186 g/mol. The van der Waals surface area contributed by atoms with E-state index in [0.29, 0.717) is 0 Å². The maximum absolute atomic E-state index is 9.87. The van der Waals surface area contributed by atoms with Gasteiger partial charge in [0, 0.05) is 0 Å². The Kier molecular flexibility index (Phi) is 3.99. The Morgan fingerprint density at radius 2 is 2.00 bits per heavy atom. The first-order chi connectivity index (χ1) is 6.83. The summed E-state index contributed by atoms with van der Waals surface area (Å²) in [5, 5.41) is 0. The van der Waals surface area contributed by atoms with Crippen LogP contribution in [-0.2, 0) is 9.53 Å². The average molecular weight is 186 g/mol. The molecule has 14 heavy (non-hydrogen) atoms. The molecule has 2 heteroatoms. The third-order valence-corrected chi connectivity index (χ3v) is 1.48. The van der Waals surface area contributed by atoms with Crippen LogP contribution in [0.25, 0.3) is 6.08 Å². The predicted octanol–water partition coefficient (Wildman–Crippen LogP) is 2.54. The molecule has 1 heterocycles. The third-order valence-electron chi connectivity index (χ3n) is 1.48. The van der Waals surface area contributed by atoms with E-state index >= 15 is 0 Å². The van der Waals surface area contributed by atoms with E-state index in [1.165, 1.54) is 17.9 Å². The van der Waals surface area contributed by atoms with Crippen LogP contribution < -0.4 is 0 Å². The van der Waals surface area contributed by atoms with Crippen molar-refractivity contribution in [1.29, 1.82) is 0 Å². The van der Waals surface area contributed by atoms with Crippen molar-refractivity contribution in [3.8, 4) is 0 Å². The number of ether oxygens (including phenoxy) is 1. The molecule has 1 aromatic carbocycles. The van der Waals surface area contributed by atoms with Crippen LogP contribution in [0, 0.1) is 0 Å². The van der Waals surface area contributed by atoms with E-state index in [1.807, 2.05) is 36.4 Å². The topological polar surface area (TPSA) is 26.3 Å². The number of carbonyl (C=O) groups excluding carboxylic acids is 1. The van der Waals surface area contributed by atoms with Crippen molar-refractivity contribution in [2.75, 3.05) is 0 Å². The van der Waals surface area contributed by atoms with Crippen LogP contribution in [0.3, 0.4) is 0 Å². The highest BCUT2D eigenvalue weighted by Crippen LogP contribution is 1.97. The summed E-state index contributed by atoms with van der Waals surface area (Å²) in [5.74, 6) is -0.338. The van der Waals surface area contributed by atoms with E-state index in [1.54, 1.807) is 0 Å². The molecule has 1 aliphatic heterocycles. The van der Waals surface area contributed by atoms with Crippen molar-refractivity contribution in [1.82, 2.24) is 0 Å². The molecule has 70 valence electrons. The lowest BCUT2D eigenvalue weighted by molar-refractivity contribution is -0.131. The highest BCUT2D eigenvalue weighted by molar-refractivity contribution is 5.83. The van der Waals surface area contributed by atoms with Crippen molar-refractivity contribution in [3.63, 3.8) is 0 Å². The van der Waals surface area contributed by atoms with E-state index in [4.69, 9.17) is 0 Å². The van der Waals surface area contributed by atoms with Gasteiger partial charge in [0.2, 0.25) is 0 Å². The normalized spacial score (nSPS) is 11.6. The molecule has 0 saturated carbocycles. The summed E-state index contributed by atoms with van der Waals surface area (Å²) in [4.78, 5) is 9.87. The zero-order valence-electron chi connectivity index (χ0n) is 7.64. The minimum atomic E-state index is -0.338. The van der Waals surface area contributed by atoms with Crippen LogP contribution in [0.2, 0.25) is 0 Å². The molecular formula is C12H10O2. The first kappa shape index (κ1) is 10.0. The fourth-order valence-corrected chi connectivity index (χ4v) is 0.817. The highest BCUT2D eigenvalue weighted by Gasteiger charge is 1.93. The molecule has 0 bridgehead atoms. The molecule has 0 aliphatic carbocycles. The molecule has 2 nitrogen and oxygen atoms in total. The summed E-state index contributed by atoms with van der Waals surface area (Å²) in [5.41, 5.74) is 3.62. The second-order valence-electron chi connectivity index (χ2n) is 2.48. The Balaban J connectivity index is 0.000000146. The van der Waals surface area contributed by atoms with Gasteiger partial charge >= 0.3 is 5.97 Å². The predicted molar refractivity (Wildman–Crippen MR) is 55.3 cm³/mol. The number of rotatable bonds is 1. The quantitative estimate of drug-likeness (QED) is 0.497. The number of hydrogen-bond donors (Lipinski definition) is 0. The highest BCUT2D eigenvalue weighted by atomic mass is 16.5. The Labute approximate surface area is 82.8 Å². The second-order valence-corrected chi connectivity index (χ2v) is 2.48. The molecule has 0 amide bonds. The van der Waals surface area contributed by atoms with Crippen LogP contribution in [0.5, 0.6) is 0 Å². The number of benzene rings is 1. The van der Waals surface area contributed by atoms with Gasteiger partial charge < -0.3 is 4.74 Å². The lowest BCUT2D eigenvalue weighted by Gasteiger charge is -1.85. The Hall–Kier alpha value is -2.05. The first-order valence-corrected chi connectivity index (χ1v) is 4.12. The zero-order chi connectivity index (χ0) is 10.2. The maximum atomic E-state index is 9.87. The van der Waals surface area contributed by atoms with Gasteiger partial charge in [0.15, 0.2) is 0 Å². The van der Waals surface area contributed by atoms with Gasteiger partial charge in [0.05, 0.1) is 6.08 Å². The van der Waals surface area contributed by atoms with Crippen LogP contribution in [0.15, 0.2) is 55.0 Å². The third kappa shape index (κ3) is 3.57. The smallest absolute Gasteiger partial charge is 0.344 e. The minimum absolute atomic E-state index is 0.338. The summed E-state index contributed by atoms with van der Waals surface area (Å²) in [6.45, 7) is 3.63. The maximum Gasteiger partial charge on any atom is 0.344 e. The molecule has 0 radical (unpaired) electrons. The average Bonchev–Trinajstić information content (AvgIpc) is 2.71. The molecule has 1 aromatic rings. The van der Waals surface area contributed by atoms with Crippen LogP contribution >= 0.6 is 0 Å². The largest absolute Gasteiger partial charge is 0.422 e. The number of carbonyl (C=O) groups is 1. The van der Waals surface area contributed by atoms with Crippen molar-refractivity contribution in [2.24, 2.45) is 0 Å². The van der Waals surface area contributed by atoms with Gasteiger partial charge in [-0.15, -0.1) is 0 Å². The van der Waals surface area contributed by atoms with E-state index in [2.05, 4.69) is 17.0 Å². The Morgan fingerprint density at radius 1 is 1.29 bits per heavy atom. The van der Waals surface area contributed by atoms with Gasteiger partial charge in [0.25, 0.3) is 0 Å². The second kappa shape index (κ2) is 5.57. The summed E-state index contributed by atoms with van der Waals surface area (Å²) >= 11 is 0. The molecule has 1 aliphatic rings. The molecule has 0 N–H and O–H groups in total. The van der Waals surface area contributed by atoms with Crippen LogP contribution in [-0.4, -0.2) is 5.97 Å². The summed E-state index contributed by atoms with van der Waals surface area (Å²) in [6, 6.07) is 10.0. The molecule has 0 spiro atoms. The van der Waals surface area contributed by atoms with Crippen LogP contribution in [0.1, 0.15) is 5.56 Å². The SMILES string of the molecule is C=Cc1ccccc1.O=C1C=C=CO1. The van der Waals surface area contributed by atoms with Gasteiger partial charge in [-0.25, -0.2) is 4.79 Å². The van der Waals surface area contributed by atoms with E-state index < -0.39 is 0 Å². The first-order valence-electron chi connectivity index (χ1n) is 4.12. The van der Waals surface area contributed by atoms with E-state index in [9.17, 15) is 4.79 Å². The summed E-state index contributed by atoms with van der Waals surface area (Å²) in [7, 11) is 0. The van der Waals surface area contributed by atoms with Gasteiger partial charge in [-0.3, -0.25) is 0 Å². The van der Waals surface area contributed by atoms with Gasteiger partial charge in [0.1, 0.15) is 6.26 Å². The number of hydrogen-bond acceptors (Lipinski definition) is 2. The van der Waals surface area contributed by atoms with E-state index in [0.717, 1.165) is 0 Å². The van der Waals surface area contributed by atoms with Crippen molar-refractivity contribution in [3.05, 3.63) is 60.5 Å². The van der Waals surface area contributed by atoms with Crippen LogP contribution in [0.4, 0.5) is 0 Å². The Bertz CT molecular complexity index is 371. The van der Waals surface area contributed by atoms with Gasteiger partial charge in [-0.2, -0.15) is 0 Å². The molecule has 0 unspecified atom stereocenters. The summed E-state index contributed by atoms with van der Waals surface area (Å²) < 4.78 is 4.22. The van der Waals surface area contributed by atoms with Gasteiger partial charge in [-0.05, 0) is 5.56 Å². The molecule has 0 saturated heterocycles. The molecule has 2 rings (SSSR count). The lowest BCUT2D eigenvalue weighted by atomic mass is 10.2. The molecule has 0 aromatic heterocycles. The summed E-state index contributed by atoms with van der Waals surface area (Å²) in [6.07, 6.45) is 4.29. The van der Waals surface area contributed by atoms with Gasteiger partial charge in [-0.1, -0.05) is 48.7 Å². The van der Waals surface area contributed by atoms with E-state index in [-0.39, 0.29) is 5.97 Å². The number of cyclic esters (lactones) is 1. The Morgan fingerprint density at radius 3 is 2.29 bits per heavy atom. The van der Waals surface area contributed by atoms with Crippen molar-refractivity contribution >= 4 is 12.0 Å². The fraction of sp³-hybridized carbons (Fsp3) is 0. The van der Waals surface area contributed by atoms with Crippen molar-refractivity contribution < 1.29 is 9.53 Å². The lowest BCUT2D eigenvalue weighted by Crippen LogP contribution is -1.85. The fourth-order valence-electron chi connectivity index (χ4n) is 0.817. The zero-order valence-corrected chi connectivity index (χ0v) is 7.64. The standard InChI is InChI=1S/C8H8.C4H2O2/c1-2-8-6-4-3-5-7-8;5-4-2-1-3-6-4/h2-7H,1H2;2-3H.